The molecule has 1 saturated heterocycles. The van der Waals surface area contributed by atoms with Gasteiger partial charge in [0.05, 0.1) is 12.7 Å². The highest BCUT2D eigenvalue weighted by atomic mass is 16.5. The number of aliphatic hydroxyl groups excluding tert-OH is 1. The Bertz CT molecular complexity index is 339. The van der Waals surface area contributed by atoms with Gasteiger partial charge in [-0.25, -0.2) is 4.98 Å². The Morgan fingerprint density at radius 3 is 3.00 bits per heavy atom. The Labute approximate surface area is 89.1 Å². The quantitative estimate of drug-likeness (QED) is 0.773. The van der Waals surface area contributed by atoms with Crippen LogP contribution < -0.4 is 0 Å². The average molecular weight is 211 g/mol. The van der Waals surface area contributed by atoms with Crippen LogP contribution in [0.3, 0.4) is 0 Å². The SMILES string of the molecule is CC1OCCC1(CO)Cc1ncnn1C. The summed E-state index contributed by atoms with van der Waals surface area (Å²) in [6, 6.07) is 0. The van der Waals surface area contributed by atoms with Crippen LogP contribution in [0.5, 0.6) is 0 Å². The van der Waals surface area contributed by atoms with Crippen LogP contribution in [0.1, 0.15) is 19.2 Å². The molecule has 1 aliphatic heterocycles. The van der Waals surface area contributed by atoms with Crippen molar-refractivity contribution in [2.45, 2.75) is 25.9 Å². The maximum absolute atomic E-state index is 9.54. The highest BCUT2D eigenvalue weighted by molar-refractivity contribution is 4.98. The van der Waals surface area contributed by atoms with E-state index in [9.17, 15) is 5.11 Å². The lowest BCUT2D eigenvalue weighted by molar-refractivity contribution is 0.0256. The second-order valence-corrected chi connectivity index (χ2v) is 4.26. The van der Waals surface area contributed by atoms with Gasteiger partial charge in [-0.1, -0.05) is 0 Å². The molecule has 2 heterocycles. The van der Waals surface area contributed by atoms with Crippen molar-refractivity contribution in [3.63, 3.8) is 0 Å². The standard InChI is InChI=1S/C10H17N3O2/c1-8-10(6-14,3-4-15-8)5-9-11-7-12-13(9)2/h7-8,14H,3-6H2,1-2H3. The lowest BCUT2D eigenvalue weighted by Crippen LogP contribution is -2.35. The minimum absolute atomic E-state index is 0.0826. The predicted octanol–water partition coefficient (Wildman–Crippen LogP) is 0.145. The van der Waals surface area contributed by atoms with Crippen molar-refractivity contribution in [2.24, 2.45) is 12.5 Å². The minimum Gasteiger partial charge on any atom is -0.396 e. The zero-order chi connectivity index (χ0) is 10.9. The molecular weight excluding hydrogens is 194 g/mol. The molecule has 84 valence electrons. The highest BCUT2D eigenvalue weighted by Crippen LogP contribution is 2.37. The lowest BCUT2D eigenvalue weighted by atomic mass is 9.79. The molecule has 2 rings (SSSR count). The smallest absolute Gasteiger partial charge is 0.138 e. The highest BCUT2D eigenvalue weighted by Gasteiger charge is 2.42. The molecule has 0 spiro atoms. The molecule has 15 heavy (non-hydrogen) atoms. The molecule has 0 aromatic carbocycles. The maximum Gasteiger partial charge on any atom is 0.138 e. The molecule has 0 amide bonds. The van der Waals surface area contributed by atoms with Gasteiger partial charge in [-0.3, -0.25) is 4.68 Å². The number of hydrogen-bond donors (Lipinski definition) is 1. The van der Waals surface area contributed by atoms with Gasteiger partial charge in [0, 0.05) is 25.5 Å². The molecule has 1 N–H and O–H groups in total. The van der Waals surface area contributed by atoms with E-state index in [0.29, 0.717) is 0 Å². The van der Waals surface area contributed by atoms with Gasteiger partial charge in [0.25, 0.3) is 0 Å². The van der Waals surface area contributed by atoms with Crippen LogP contribution in [0.25, 0.3) is 0 Å². The van der Waals surface area contributed by atoms with Gasteiger partial charge >= 0.3 is 0 Å². The fourth-order valence-corrected chi connectivity index (χ4v) is 2.11. The van der Waals surface area contributed by atoms with Crippen molar-refractivity contribution in [3.8, 4) is 0 Å². The summed E-state index contributed by atoms with van der Waals surface area (Å²) < 4.78 is 7.28. The summed E-state index contributed by atoms with van der Waals surface area (Å²) >= 11 is 0. The van der Waals surface area contributed by atoms with E-state index in [0.717, 1.165) is 25.3 Å². The van der Waals surface area contributed by atoms with Gasteiger partial charge in [0.1, 0.15) is 12.2 Å². The molecule has 1 aromatic rings. The van der Waals surface area contributed by atoms with E-state index in [4.69, 9.17) is 4.74 Å². The zero-order valence-electron chi connectivity index (χ0n) is 9.18. The Balaban J connectivity index is 2.18. The average Bonchev–Trinajstić information content (AvgIpc) is 2.77. The Morgan fingerprint density at radius 1 is 1.73 bits per heavy atom. The molecule has 1 fully saturated rings. The maximum atomic E-state index is 9.54. The first kappa shape index (κ1) is 10.6. The topological polar surface area (TPSA) is 60.2 Å². The summed E-state index contributed by atoms with van der Waals surface area (Å²) in [6.07, 6.45) is 3.23. The number of rotatable bonds is 3. The van der Waals surface area contributed by atoms with Crippen molar-refractivity contribution >= 4 is 0 Å². The number of nitrogens with zero attached hydrogens (tertiary/aromatic N) is 3. The van der Waals surface area contributed by atoms with E-state index in [2.05, 4.69) is 10.1 Å². The summed E-state index contributed by atoms with van der Waals surface area (Å²) in [6.45, 7) is 2.88. The molecule has 5 heteroatoms. The van der Waals surface area contributed by atoms with Crippen molar-refractivity contribution in [2.75, 3.05) is 13.2 Å². The molecule has 1 aliphatic rings. The summed E-state index contributed by atoms with van der Waals surface area (Å²) in [4.78, 5) is 4.19. The van der Waals surface area contributed by atoms with Gasteiger partial charge < -0.3 is 9.84 Å². The van der Waals surface area contributed by atoms with Gasteiger partial charge in [-0.05, 0) is 13.3 Å². The molecule has 2 atom stereocenters. The monoisotopic (exact) mass is 211 g/mol. The zero-order valence-corrected chi connectivity index (χ0v) is 9.18. The molecule has 0 saturated carbocycles. The number of ether oxygens (including phenoxy) is 1. The first-order chi connectivity index (χ1) is 7.18. The second kappa shape index (κ2) is 3.90. The number of aliphatic hydroxyl groups is 1. The fraction of sp³-hybridized carbons (Fsp3) is 0.800. The number of aromatic nitrogens is 3. The molecule has 0 bridgehead atoms. The summed E-state index contributed by atoms with van der Waals surface area (Å²) in [5, 5.41) is 13.6. The minimum atomic E-state index is -0.180. The number of aryl methyl sites for hydroxylation is 1. The Kier molecular flexibility index (Phi) is 2.75. The molecule has 0 aliphatic carbocycles. The van der Waals surface area contributed by atoms with Gasteiger partial charge in [-0.2, -0.15) is 5.10 Å². The first-order valence-electron chi connectivity index (χ1n) is 5.23. The molecule has 5 nitrogen and oxygen atoms in total. The summed E-state index contributed by atoms with van der Waals surface area (Å²) in [7, 11) is 1.87. The van der Waals surface area contributed by atoms with Gasteiger partial charge in [0.15, 0.2) is 0 Å². The van der Waals surface area contributed by atoms with Crippen molar-refractivity contribution in [1.82, 2.24) is 14.8 Å². The molecular formula is C10H17N3O2. The second-order valence-electron chi connectivity index (χ2n) is 4.26. The van der Waals surface area contributed by atoms with Gasteiger partial charge in [0.2, 0.25) is 0 Å². The molecule has 0 radical (unpaired) electrons. The lowest BCUT2D eigenvalue weighted by Gasteiger charge is -2.29. The molecule has 2 unspecified atom stereocenters. The summed E-state index contributed by atoms with van der Waals surface area (Å²) in [5.74, 6) is 0.904. The van der Waals surface area contributed by atoms with Crippen molar-refractivity contribution in [1.29, 1.82) is 0 Å². The van der Waals surface area contributed by atoms with Crippen LogP contribution in [-0.4, -0.2) is 39.2 Å². The third-order valence-corrected chi connectivity index (χ3v) is 3.46. The van der Waals surface area contributed by atoms with Crippen LogP contribution in [0.4, 0.5) is 0 Å². The van der Waals surface area contributed by atoms with Crippen LogP contribution in [0.15, 0.2) is 6.33 Å². The van der Waals surface area contributed by atoms with E-state index in [-0.39, 0.29) is 18.1 Å². The van der Waals surface area contributed by atoms with E-state index >= 15 is 0 Å². The third kappa shape index (κ3) is 1.77. The number of hydrogen-bond acceptors (Lipinski definition) is 4. The van der Waals surface area contributed by atoms with Crippen molar-refractivity contribution in [3.05, 3.63) is 12.2 Å². The van der Waals surface area contributed by atoms with E-state index in [1.54, 1.807) is 11.0 Å². The van der Waals surface area contributed by atoms with Crippen molar-refractivity contribution < 1.29 is 9.84 Å². The largest absolute Gasteiger partial charge is 0.396 e. The van der Waals surface area contributed by atoms with Crippen LogP contribution >= 0.6 is 0 Å². The Morgan fingerprint density at radius 2 is 2.53 bits per heavy atom. The van der Waals surface area contributed by atoms with E-state index in [1.165, 1.54) is 0 Å². The predicted molar refractivity (Wildman–Crippen MR) is 54.3 cm³/mol. The third-order valence-electron chi connectivity index (χ3n) is 3.46. The van der Waals surface area contributed by atoms with Crippen LogP contribution in [-0.2, 0) is 18.2 Å². The molecule has 1 aromatic heterocycles. The Hall–Kier alpha value is -0.940. The van der Waals surface area contributed by atoms with Crippen LogP contribution in [0, 0.1) is 5.41 Å². The first-order valence-corrected chi connectivity index (χ1v) is 5.23. The normalized spacial score (nSPS) is 31.0. The van der Waals surface area contributed by atoms with Crippen LogP contribution in [0.2, 0.25) is 0 Å². The van der Waals surface area contributed by atoms with E-state index < -0.39 is 0 Å². The van der Waals surface area contributed by atoms with E-state index in [1.807, 2.05) is 14.0 Å². The summed E-state index contributed by atoms with van der Waals surface area (Å²) in [5.41, 5.74) is -0.180. The van der Waals surface area contributed by atoms with Gasteiger partial charge in [-0.15, -0.1) is 0 Å². The fourth-order valence-electron chi connectivity index (χ4n) is 2.11.